The normalized spacial score (nSPS) is 10.3. The lowest BCUT2D eigenvalue weighted by Gasteiger charge is -2.04. The van der Waals surface area contributed by atoms with Crippen LogP contribution >= 0.6 is 15.9 Å². The van der Waals surface area contributed by atoms with Crippen molar-refractivity contribution < 1.29 is 0 Å². The third kappa shape index (κ3) is 2.23. The summed E-state index contributed by atoms with van der Waals surface area (Å²) in [6, 6.07) is 10.1. The van der Waals surface area contributed by atoms with Crippen LogP contribution in [-0.2, 0) is 5.33 Å². The van der Waals surface area contributed by atoms with E-state index in [1.54, 1.807) is 6.20 Å². The molecule has 76 valence electrons. The monoisotopic (exact) mass is 262 g/mol. The SMILES string of the molecule is Cc1ccccc1-c1nccc(CBr)n1. The molecule has 0 aliphatic heterocycles. The van der Waals surface area contributed by atoms with Crippen LogP contribution in [0.1, 0.15) is 11.3 Å². The molecule has 0 fully saturated rings. The molecule has 0 saturated carbocycles. The zero-order valence-corrected chi connectivity index (χ0v) is 10.0. The summed E-state index contributed by atoms with van der Waals surface area (Å²) in [5.41, 5.74) is 3.30. The molecule has 1 heterocycles. The summed E-state index contributed by atoms with van der Waals surface area (Å²) >= 11 is 3.39. The van der Waals surface area contributed by atoms with Crippen molar-refractivity contribution in [1.82, 2.24) is 9.97 Å². The van der Waals surface area contributed by atoms with Crippen molar-refractivity contribution in [2.24, 2.45) is 0 Å². The summed E-state index contributed by atoms with van der Waals surface area (Å²) in [6.07, 6.45) is 1.80. The Kier molecular flexibility index (Phi) is 3.11. The highest BCUT2D eigenvalue weighted by Gasteiger charge is 2.04. The molecule has 1 aromatic carbocycles. The summed E-state index contributed by atoms with van der Waals surface area (Å²) in [7, 11) is 0. The minimum Gasteiger partial charge on any atom is -0.237 e. The number of aryl methyl sites for hydroxylation is 1. The summed E-state index contributed by atoms with van der Waals surface area (Å²) in [4.78, 5) is 8.75. The number of nitrogens with zero attached hydrogens (tertiary/aromatic N) is 2. The molecular formula is C12H11BrN2. The molecule has 2 nitrogen and oxygen atoms in total. The molecule has 0 radical (unpaired) electrons. The van der Waals surface area contributed by atoms with Gasteiger partial charge in [0.25, 0.3) is 0 Å². The van der Waals surface area contributed by atoms with Crippen LogP contribution in [-0.4, -0.2) is 9.97 Å². The number of alkyl halides is 1. The molecule has 0 amide bonds. The minimum absolute atomic E-state index is 0.758. The third-order valence-electron chi connectivity index (χ3n) is 2.24. The van der Waals surface area contributed by atoms with Crippen molar-refractivity contribution in [3.05, 3.63) is 47.8 Å². The number of aromatic nitrogens is 2. The molecule has 0 unspecified atom stereocenters. The first-order chi connectivity index (χ1) is 7.31. The van der Waals surface area contributed by atoms with Gasteiger partial charge in [0, 0.05) is 17.1 Å². The van der Waals surface area contributed by atoms with E-state index >= 15 is 0 Å². The topological polar surface area (TPSA) is 25.8 Å². The maximum atomic E-state index is 4.46. The molecule has 0 bridgehead atoms. The van der Waals surface area contributed by atoms with Crippen LogP contribution in [0, 0.1) is 6.92 Å². The molecule has 3 heteroatoms. The average Bonchev–Trinajstić information content (AvgIpc) is 2.30. The maximum absolute atomic E-state index is 4.46. The van der Waals surface area contributed by atoms with Crippen LogP contribution in [0.5, 0.6) is 0 Å². The Balaban J connectivity index is 2.49. The standard InChI is InChI=1S/C12H11BrN2/c1-9-4-2-3-5-11(9)12-14-7-6-10(8-13)15-12/h2-7H,8H2,1H3. The van der Waals surface area contributed by atoms with Gasteiger partial charge in [-0.25, -0.2) is 9.97 Å². The lowest BCUT2D eigenvalue weighted by molar-refractivity contribution is 1.10. The predicted octanol–water partition coefficient (Wildman–Crippen LogP) is 3.35. The minimum atomic E-state index is 0.758. The van der Waals surface area contributed by atoms with Crippen LogP contribution in [0.25, 0.3) is 11.4 Å². The van der Waals surface area contributed by atoms with Gasteiger partial charge in [0.05, 0.1) is 5.69 Å². The highest BCUT2D eigenvalue weighted by atomic mass is 79.9. The van der Waals surface area contributed by atoms with E-state index in [1.165, 1.54) is 5.56 Å². The molecule has 2 aromatic rings. The van der Waals surface area contributed by atoms with Gasteiger partial charge in [0.1, 0.15) is 0 Å². The second-order valence-electron chi connectivity index (χ2n) is 3.32. The molecule has 0 atom stereocenters. The molecular weight excluding hydrogens is 252 g/mol. The lowest BCUT2D eigenvalue weighted by Crippen LogP contribution is -1.93. The first kappa shape index (κ1) is 10.3. The van der Waals surface area contributed by atoms with Crippen molar-refractivity contribution in [2.45, 2.75) is 12.3 Å². The summed E-state index contributed by atoms with van der Waals surface area (Å²) in [5, 5.41) is 0.758. The highest BCUT2D eigenvalue weighted by molar-refractivity contribution is 9.08. The van der Waals surface area contributed by atoms with Gasteiger partial charge in [0.15, 0.2) is 5.82 Å². The van der Waals surface area contributed by atoms with E-state index in [4.69, 9.17) is 0 Å². The fourth-order valence-corrected chi connectivity index (χ4v) is 1.74. The van der Waals surface area contributed by atoms with Crippen molar-refractivity contribution >= 4 is 15.9 Å². The zero-order chi connectivity index (χ0) is 10.7. The molecule has 0 aliphatic carbocycles. The number of hydrogen-bond donors (Lipinski definition) is 0. The van der Waals surface area contributed by atoms with E-state index in [9.17, 15) is 0 Å². The van der Waals surface area contributed by atoms with Gasteiger partial charge in [-0.05, 0) is 18.6 Å². The summed E-state index contributed by atoms with van der Waals surface area (Å²) in [5.74, 6) is 0.796. The Hall–Kier alpha value is -1.22. The Morgan fingerprint density at radius 3 is 2.73 bits per heavy atom. The molecule has 0 spiro atoms. The van der Waals surface area contributed by atoms with Crippen LogP contribution in [0.2, 0.25) is 0 Å². The van der Waals surface area contributed by atoms with Crippen LogP contribution in [0.15, 0.2) is 36.5 Å². The smallest absolute Gasteiger partial charge is 0.159 e. The zero-order valence-electron chi connectivity index (χ0n) is 8.44. The quantitative estimate of drug-likeness (QED) is 0.776. The highest BCUT2D eigenvalue weighted by Crippen LogP contribution is 2.19. The van der Waals surface area contributed by atoms with Crippen molar-refractivity contribution in [1.29, 1.82) is 0 Å². The van der Waals surface area contributed by atoms with Gasteiger partial charge < -0.3 is 0 Å². The molecule has 0 aliphatic rings. The van der Waals surface area contributed by atoms with Crippen LogP contribution in [0.3, 0.4) is 0 Å². The van der Waals surface area contributed by atoms with E-state index in [0.29, 0.717) is 0 Å². The van der Waals surface area contributed by atoms with Crippen molar-refractivity contribution in [2.75, 3.05) is 0 Å². The summed E-state index contributed by atoms with van der Waals surface area (Å²) in [6.45, 7) is 2.07. The maximum Gasteiger partial charge on any atom is 0.159 e. The number of benzene rings is 1. The molecule has 15 heavy (non-hydrogen) atoms. The lowest BCUT2D eigenvalue weighted by atomic mass is 10.1. The first-order valence-corrected chi connectivity index (χ1v) is 5.87. The van der Waals surface area contributed by atoms with Gasteiger partial charge >= 0.3 is 0 Å². The van der Waals surface area contributed by atoms with E-state index in [1.807, 2.05) is 24.3 Å². The Labute approximate surface area is 97.5 Å². The Bertz CT molecular complexity index is 469. The van der Waals surface area contributed by atoms with E-state index in [2.05, 4.69) is 38.9 Å². The fraction of sp³-hybridized carbons (Fsp3) is 0.167. The van der Waals surface area contributed by atoms with Crippen LogP contribution < -0.4 is 0 Å². The van der Waals surface area contributed by atoms with Gasteiger partial charge in [-0.2, -0.15) is 0 Å². The number of halogens is 1. The van der Waals surface area contributed by atoms with Crippen molar-refractivity contribution in [3.63, 3.8) is 0 Å². The van der Waals surface area contributed by atoms with E-state index in [-0.39, 0.29) is 0 Å². The molecule has 1 aromatic heterocycles. The Morgan fingerprint density at radius 1 is 1.20 bits per heavy atom. The first-order valence-electron chi connectivity index (χ1n) is 4.75. The van der Waals surface area contributed by atoms with Crippen LogP contribution in [0.4, 0.5) is 0 Å². The Morgan fingerprint density at radius 2 is 2.00 bits per heavy atom. The van der Waals surface area contributed by atoms with Gasteiger partial charge in [0.2, 0.25) is 0 Å². The van der Waals surface area contributed by atoms with E-state index < -0.39 is 0 Å². The number of rotatable bonds is 2. The molecule has 0 N–H and O–H groups in total. The fourth-order valence-electron chi connectivity index (χ4n) is 1.42. The number of hydrogen-bond acceptors (Lipinski definition) is 2. The van der Waals surface area contributed by atoms with Gasteiger partial charge in [-0.3, -0.25) is 0 Å². The molecule has 0 saturated heterocycles. The predicted molar refractivity (Wildman–Crippen MR) is 64.8 cm³/mol. The second kappa shape index (κ2) is 4.53. The summed E-state index contributed by atoms with van der Waals surface area (Å²) < 4.78 is 0. The van der Waals surface area contributed by atoms with Gasteiger partial charge in [-0.1, -0.05) is 40.2 Å². The van der Waals surface area contributed by atoms with Crippen molar-refractivity contribution in [3.8, 4) is 11.4 Å². The largest absolute Gasteiger partial charge is 0.237 e. The molecule has 2 rings (SSSR count). The van der Waals surface area contributed by atoms with E-state index in [0.717, 1.165) is 22.4 Å². The second-order valence-corrected chi connectivity index (χ2v) is 3.88. The van der Waals surface area contributed by atoms with Gasteiger partial charge in [-0.15, -0.1) is 0 Å². The average molecular weight is 263 g/mol. The third-order valence-corrected chi connectivity index (χ3v) is 2.81.